The van der Waals surface area contributed by atoms with Gasteiger partial charge < -0.3 is 10.1 Å². The van der Waals surface area contributed by atoms with E-state index in [0.29, 0.717) is 12.0 Å². The Morgan fingerprint density at radius 3 is 2.95 bits per heavy atom. The largest absolute Gasteiger partial charge is 0.381 e. The number of halogens is 1. The van der Waals surface area contributed by atoms with Crippen molar-refractivity contribution in [3.8, 4) is 0 Å². The fourth-order valence-electron chi connectivity index (χ4n) is 2.87. The van der Waals surface area contributed by atoms with Gasteiger partial charge in [0, 0.05) is 17.7 Å². The highest BCUT2D eigenvalue weighted by Crippen LogP contribution is 2.24. The average Bonchev–Trinajstić information content (AvgIpc) is 2.46. The Balaban J connectivity index is 2.05. The highest BCUT2D eigenvalue weighted by Gasteiger charge is 2.24. The highest BCUT2D eigenvalue weighted by molar-refractivity contribution is 6.31. The molecule has 0 aromatic heterocycles. The molecule has 1 N–H and O–H groups in total. The summed E-state index contributed by atoms with van der Waals surface area (Å²) in [5.41, 5.74) is 2.47. The number of hydrogen-bond acceptors (Lipinski definition) is 2. The van der Waals surface area contributed by atoms with Gasteiger partial charge in [0.2, 0.25) is 0 Å². The van der Waals surface area contributed by atoms with Crippen LogP contribution >= 0.6 is 11.6 Å². The van der Waals surface area contributed by atoms with Crippen LogP contribution in [0.3, 0.4) is 0 Å². The minimum atomic E-state index is 0.468. The van der Waals surface area contributed by atoms with Crippen LogP contribution in [-0.2, 0) is 11.2 Å². The van der Waals surface area contributed by atoms with Gasteiger partial charge in [-0.1, -0.05) is 30.7 Å². The van der Waals surface area contributed by atoms with Crippen LogP contribution in [0.25, 0.3) is 0 Å². The van der Waals surface area contributed by atoms with E-state index in [9.17, 15) is 0 Å². The average molecular weight is 296 g/mol. The Labute approximate surface area is 127 Å². The van der Waals surface area contributed by atoms with Crippen molar-refractivity contribution in [2.75, 3.05) is 19.8 Å². The molecule has 0 amide bonds. The predicted octanol–water partition coefficient (Wildman–Crippen LogP) is 3.99. The minimum Gasteiger partial charge on any atom is -0.381 e. The molecule has 0 aliphatic carbocycles. The lowest BCUT2D eigenvalue weighted by Crippen LogP contribution is -2.42. The zero-order valence-electron chi connectivity index (χ0n) is 12.6. The maximum absolute atomic E-state index is 6.39. The molecule has 3 heteroatoms. The van der Waals surface area contributed by atoms with Gasteiger partial charge in [0.05, 0.1) is 6.61 Å². The zero-order valence-corrected chi connectivity index (χ0v) is 13.4. The molecule has 0 radical (unpaired) electrons. The summed E-state index contributed by atoms with van der Waals surface area (Å²) in [6.07, 6.45) is 4.58. The summed E-state index contributed by atoms with van der Waals surface area (Å²) in [5, 5.41) is 4.58. The van der Waals surface area contributed by atoms with Crippen molar-refractivity contribution < 1.29 is 4.74 Å². The molecule has 1 saturated heterocycles. The van der Waals surface area contributed by atoms with Crippen LogP contribution in [0.15, 0.2) is 18.2 Å². The van der Waals surface area contributed by atoms with Gasteiger partial charge in [-0.2, -0.15) is 0 Å². The Bertz CT molecular complexity index is 415. The molecule has 1 fully saturated rings. The summed E-state index contributed by atoms with van der Waals surface area (Å²) < 4.78 is 5.66. The summed E-state index contributed by atoms with van der Waals surface area (Å²) in [6, 6.07) is 6.85. The number of hydrogen-bond donors (Lipinski definition) is 1. The third kappa shape index (κ3) is 4.47. The quantitative estimate of drug-likeness (QED) is 0.857. The maximum Gasteiger partial charge on any atom is 0.0509 e. The van der Waals surface area contributed by atoms with E-state index in [1.165, 1.54) is 24.0 Å². The second-order valence-electron chi connectivity index (χ2n) is 5.84. The number of ether oxygens (including phenoxy) is 1. The van der Waals surface area contributed by atoms with E-state index in [0.717, 1.165) is 37.6 Å². The molecule has 2 nitrogen and oxygen atoms in total. The first-order valence-corrected chi connectivity index (χ1v) is 8.14. The van der Waals surface area contributed by atoms with Crippen molar-refractivity contribution in [3.63, 3.8) is 0 Å². The van der Waals surface area contributed by atoms with E-state index >= 15 is 0 Å². The third-order valence-corrected chi connectivity index (χ3v) is 4.42. The molecular formula is C17H26ClNO. The third-order valence-electron chi connectivity index (χ3n) is 4.07. The van der Waals surface area contributed by atoms with Gasteiger partial charge in [-0.05, 0) is 62.3 Å². The Kier molecular flexibility index (Phi) is 6.34. The van der Waals surface area contributed by atoms with E-state index in [-0.39, 0.29) is 0 Å². The maximum atomic E-state index is 6.39. The minimum absolute atomic E-state index is 0.468. The first-order chi connectivity index (χ1) is 9.70. The first kappa shape index (κ1) is 15.8. The van der Waals surface area contributed by atoms with E-state index < -0.39 is 0 Å². The lowest BCUT2D eigenvalue weighted by atomic mass is 9.89. The molecule has 2 rings (SSSR count). The van der Waals surface area contributed by atoms with Crippen molar-refractivity contribution in [3.05, 3.63) is 34.3 Å². The molecule has 1 aromatic rings. The summed E-state index contributed by atoms with van der Waals surface area (Å²) in [4.78, 5) is 0. The van der Waals surface area contributed by atoms with Crippen molar-refractivity contribution >= 4 is 11.6 Å². The van der Waals surface area contributed by atoms with Crippen molar-refractivity contribution in [2.24, 2.45) is 5.92 Å². The van der Waals surface area contributed by atoms with Crippen molar-refractivity contribution in [1.82, 2.24) is 5.32 Å². The first-order valence-electron chi connectivity index (χ1n) is 7.77. The molecule has 112 valence electrons. The lowest BCUT2D eigenvalue weighted by Gasteiger charge is -2.31. The molecule has 1 heterocycles. The zero-order chi connectivity index (χ0) is 14.4. The van der Waals surface area contributed by atoms with Crippen LogP contribution in [0.2, 0.25) is 5.02 Å². The van der Waals surface area contributed by atoms with Gasteiger partial charge in [-0.25, -0.2) is 0 Å². The van der Waals surface area contributed by atoms with Gasteiger partial charge in [0.15, 0.2) is 0 Å². The summed E-state index contributed by atoms with van der Waals surface area (Å²) in [6.45, 7) is 7.15. The van der Waals surface area contributed by atoms with Crippen LogP contribution in [-0.4, -0.2) is 25.8 Å². The molecule has 0 saturated carbocycles. The Morgan fingerprint density at radius 2 is 2.30 bits per heavy atom. The lowest BCUT2D eigenvalue weighted by molar-refractivity contribution is 0.0393. The highest BCUT2D eigenvalue weighted by atomic mass is 35.5. The van der Waals surface area contributed by atoms with Gasteiger partial charge in [-0.15, -0.1) is 0 Å². The molecule has 2 unspecified atom stereocenters. The summed E-state index contributed by atoms with van der Waals surface area (Å²) in [7, 11) is 0. The molecule has 2 atom stereocenters. The predicted molar refractivity (Wildman–Crippen MR) is 85.5 cm³/mol. The molecule has 1 aromatic carbocycles. The number of nitrogens with one attached hydrogen (secondary N) is 1. The van der Waals surface area contributed by atoms with Gasteiger partial charge >= 0.3 is 0 Å². The molecule has 0 spiro atoms. The van der Waals surface area contributed by atoms with E-state index in [4.69, 9.17) is 16.3 Å². The van der Waals surface area contributed by atoms with Crippen LogP contribution < -0.4 is 5.32 Å². The van der Waals surface area contributed by atoms with Gasteiger partial charge in [0.1, 0.15) is 0 Å². The van der Waals surface area contributed by atoms with Crippen LogP contribution in [0.5, 0.6) is 0 Å². The standard InChI is InChI=1S/C17H26ClNO/c1-3-8-19-17(15-5-4-9-20-12-15)11-14-7-6-13(2)10-16(14)18/h6-7,10,15,17,19H,3-5,8-9,11-12H2,1-2H3. The van der Waals surface area contributed by atoms with Crippen molar-refractivity contribution in [2.45, 2.75) is 45.6 Å². The van der Waals surface area contributed by atoms with E-state index in [1.807, 2.05) is 0 Å². The van der Waals surface area contributed by atoms with E-state index in [1.54, 1.807) is 0 Å². The number of benzene rings is 1. The fourth-order valence-corrected chi connectivity index (χ4v) is 3.19. The second-order valence-corrected chi connectivity index (χ2v) is 6.24. The van der Waals surface area contributed by atoms with Crippen molar-refractivity contribution in [1.29, 1.82) is 0 Å². The van der Waals surface area contributed by atoms with E-state index in [2.05, 4.69) is 37.4 Å². The van der Waals surface area contributed by atoms with Crippen LogP contribution in [0.4, 0.5) is 0 Å². The molecule has 1 aliphatic heterocycles. The molecular weight excluding hydrogens is 270 g/mol. The molecule has 1 aliphatic rings. The SMILES string of the molecule is CCCNC(Cc1ccc(C)cc1Cl)C1CCCOC1. The molecule has 20 heavy (non-hydrogen) atoms. The monoisotopic (exact) mass is 295 g/mol. The topological polar surface area (TPSA) is 21.3 Å². The molecule has 0 bridgehead atoms. The van der Waals surface area contributed by atoms with Crippen LogP contribution in [0.1, 0.15) is 37.3 Å². The van der Waals surface area contributed by atoms with Gasteiger partial charge in [0.25, 0.3) is 0 Å². The number of rotatable bonds is 6. The summed E-state index contributed by atoms with van der Waals surface area (Å²) in [5.74, 6) is 0.604. The fraction of sp³-hybridized carbons (Fsp3) is 0.647. The second kappa shape index (κ2) is 8.02. The van der Waals surface area contributed by atoms with Gasteiger partial charge in [-0.3, -0.25) is 0 Å². The summed E-state index contributed by atoms with van der Waals surface area (Å²) >= 11 is 6.39. The Morgan fingerprint density at radius 1 is 1.45 bits per heavy atom. The Hall–Kier alpha value is -0.570. The smallest absolute Gasteiger partial charge is 0.0509 e. The normalized spacial score (nSPS) is 20.9. The number of aryl methyl sites for hydroxylation is 1. The van der Waals surface area contributed by atoms with Crippen LogP contribution in [0, 0.1) is 12.8 Å².